The smallest absolute Gasteiger partial charge is 0.284 e. The fourth-order valence-electron chi connectivity index (χ4n) is 2.40. The number of piperidine rings is 1. The lowest BCUT2D eigenvalue weighted by Gasteiger charge is -2.30. The normalized spacial score (nSPS) is 18.8. The molecule has 1 aliphatic rings. The summed E-state index contributed by atoms with van der Waals surface area (Å²) in [5.41, 5.74) is -0.0380. The molecule has 1 heterocycles. The van der Waals surface area contributed by atoms with Crippen molar-refractivity contribution in [3.05, 3.63) is 35.4 Å². The molecule has 0 saturated carbocycles. The van der Waals surface area contributed by atoms with Crippen molar-refractivity contribution in [3.8, 4) is 6.07 Å². The van der Waals surface area contributed by atoms with Gasteiger partial charge in [-0.15, -0.1) is 0 Å². The fraction of sp³-hybridized carbons (Fsp3) is 0.500. The molecule has 19 heavy (non-hydrogen) atoms. The van der Waals surface area contributed by atoms with Crippen LogP contribution >= 0.6 is 0 Å². The maximum Gasteiger partial charge on any atom is 0.416 e. The van der Waals surface area contributed by atoms with Gasteiger partial charge in [-0.25, -0.2) is 0 Å². The second-order valence-electron chi connectivity index (χ2n) is 4.75. The number of rotatable bonds is 2. The maximum atomic E-state index is 12.5. The van der Waals surface area contributed by atoms with Crippen LogP contribution in [-0.4, -0.2) is 18.0 Å². The van der Waals surface area contributed by atoms with E-state index >= 15 is 0 Å². The number of hydrogen-bond acceptors (Lipinski definition) is 2. The van der Waals surface area contributed by atoms with E-state index in [4.69, 9.17) is 0 Å². The van der Waals surface area contributed by atoms with Gasteiger partial charge in [-0.05, 0) is 43.6 Å². The Kier molecular flexibility index (Phi) is 4.11. The van der Waals surface area contributed by atoms with Crippen LogP contribution in [-0.2, 0) is 6.18 Å². The van der Waals surface area contributed by atoms with Gasteiger partial charge in [0.25, 0.3) is 0 Å². The molecule has 102 valence electrons. The maximum absolute atomic E-state index is 12.5. The lowest BCUT2D eigenvalue weighted by atomic mass is 10.0. The van der Waals surface area contributed by atoms with Gasteiger partial charge in [-0.3, -0.25) is 4.90 Å². The average Bonchev–Trinajstić information content (AvgIpc) is 2.40. The standard InChI is InChI=1S/C14H15F3N2/c15-14(16,17)12-6-4-11(5-7-12)13(10-18)19-8-2-1-3-9-19/h4-7,13H,1-3,8-9H2. The van der Waals surface area contributed by atoms with Crippen molar-refractivity contribution in [2.45, 2.75) is 31.5 Å². The monoisotopic (exact) mass is 268 g/mol. The van der Waals surface area contributed by atoms with Crippen LogP contribution in [0.3, 0.4) is 0 Å². The molecule has 5 heteroatoms. The molecule has 1 atom stereocenters. The molecule has 1 saturated heterocycles. The largest absolute Gasteiger partial charge is 0.416 e. The van der Waals surface area contributed by atoms with E-state index in [0.29, 0.717) is 5.56 Å². The zero-order valence-corrected chi connectivity index (χ0v) is 10.5. The fourth-order valence-corrected chi connectivity index (χ4v) is 2.40. The van der Waals surface area contributed by atoms with E-state index in [1.165, 1.54) is 12.1 Å². The number of hydrogen-bond donors (Lipinski definition) is 0. The van der Waals surface area contributed by atoms with Crippen LogP contribution in [0.1, 0.15) is 36.4 Å². The third-order valence-corrected chi connectivity index (χ3v) is 3.43. The highest BCUT2D eigenvalue weighted by Gasteiger charge is 2.30. The van der Waals surface area contributed by atoms with Crippen molar-refractivity contribution >= 4 is 0 Å². The highest BCUT2D eigenvalue weighted by atomic mass is 19.4. The Bertz CT molecular complexity index is 453. The first-order valence-corrected chi connectivity index (χ1v) is 6.33. The highest BCUT2D eigenvalue weighted by molar-refractivity contribution is 5.29. The van der Waals surface area contributed by atoms with Crippen LogP contribution in [0.2, 0.25) is 0 Å². The van der Waals surface area contributed by atoms with Crippen LogP contribution in [0, 0.1) is 11.3 Å². The molecule has 0 N–H and O–H groups in total. The van der Waals surface area contributed by atoms with Crippen molar-refractivity contribution in [2.75, 3.05) is 13.1 Å². The summed E-state index contributed by atoms with van der Waals surface area (Å²) in [6.45, 7) is 1.67. The highest BCUT2D eigenvalue weighted by Crippen LogP contribution is 2.31. The number of nitriles is 1. The summed E-state index contributed by atoms with van der Waals surface area (Å²) in [6, 6.07) is 6.66. The molecule has 0 aliphatic carbocycles. The van der Waals surface area contributed by atoms with Gasteiger partial charge >= 0.3 is 6.18 Å². The Labute approximate surface area is 110 Å². The molecular formula is C14H15F3N2. The Morgan fingerprint density at radius 3 is 2.11 bits per heavy atom. The lowest BCUT2D eigenvalue weighted by molar-refractivity contribution is -0.137. The lowest BCUT2D eigenvalue weighted by Crippen LogP contribution is -2.33. The number of halogens is 3. The molecule has 0 spiro atoms. The molecule has 0 amide bonds. The van der Waals surface area contributed by atoms with E-state index in [0.717, 1.165) is 44.5 Å². The van der Waals surface area contributed by atoms with E-state index in [1.54, 1.807) is 0 Å². The number of benzene rings is 1. The van der Waals surface area contributed by atoms with Crippen LogP contribution in [0.15, 0.2) is 24.3 Å². The molecule has 0 bridgehead atoms. The minimum atomic E-state index is -4.33. The molecule has 1 aliphatic heterocycles. The molecule has 1 fully saturated rings. The van der Waals surface area contributed by atoms with E-state index in [-0.39, 0.29) is 0 Å². The van der Waals surface area contributed by atoms with Gasteiger partial charge in [-0.2, -0.15) is 18.4 Å². The third-order valence-electron chi connectivity index (χ3n) is 3.43. The summed E-state index contributed by atoms with van der Waals surface area (Å²) >= 11 is 0. The second kappa shape index (κ2) is 5.62. The predicted molar refractivity (Wildman–Crippen MR) is 65.2 cm³/mol. The molecule has 0 aromatic heterocycles. The molecule has 2 nitrogen and oxygen atoms in total. The topological polar surface area (TPSA) is 27.0 Å². The van der Waals surface area contributed by atoms with Gasteiger partial charge in [0.2, 0.25) is 0 Å². The van der Waals surface area contributed by atoms with Crippen molar-refractivity contribution in [3.63, 3.8) is 0 Å². The minimum absolute atomic E-state index is 0.442. The average molecular weight is 268 g/mol. The van der Waals surface area contributed by atoms with E-state index < -0.39 is 17.8 Å². The van der Waals surface area contributed by atoms with E-state index in [2.05, 4.69) is 6.07 Å². The quantitative estimate of drug-likeness (QED) is 0.816. The molecular weight excluding hydrogens is 253 g/mol. The van der Waals surface area contributed by atoms with Gasteiger partial charge in [0, 0.05) is 0 Å². The van der Waals surface area contributed by atoms with Crippen molar-refractivity contribution in [2.24, 2.45) is 0 Å². The third kappa shape index (κ3) is 3.27. The van der Waals surface area contributed by atoms with Crippen LogP contribution in [0.25, 0.3) is 0 Å². The predicted octanol–water partition coefficient (Wildman–Crippen LogP) is 3.76. The molecule has 0 radical (unpaired) electrons. The van der Waals surface area contributed by atoms with Crippen molar-refractivity contribution < 1.29 is 13.2 Å². The van der Waals surface area contributed by atoms with Gasteiger partial charge in [0.05, 0.1) is 11.6 Å². The number of alkyl halides is 3. The molecule has 2 rings (SSSR count). The number of nitrogens with zero attached hydrogens (tertiary/aromatic N) is 2. The molecule has 1 aromatic rings. The first-order chi connectivity index (χ1) is 9.02. The summed E-state index contributed by atoms with van der Waals surface area (Å²) in [7, 11) is 0. The van der Waals surface area contributed by atoms with Crippen molar-refractivity contribution in [1.29, 1.82) is 5.26 Å². The zero-order valence-electron chi connectivity index (χ0n) is 10.5. The van der Waals surface area contributed by atoms with E-state index in [9.17, 15) is 18.4 Å². The van der Waals surface area contributed by atoms with Gasteiger partial charge < -0.3 is 0 Å². The molecule has 1 aromatic carbocycles. The Morgan fingerprint density at radius 2 is 1.63 bits per heavy atom. The van der Waals surface area contributed by atoms with Crippen molar-refractivity contribution in [1.82, 2.24) is 4.90 Å². The minimum Gasteiger partial charge on any atom is -0.284 e. The SMILES string of the molecule is N#CC(c1ccc(C(F)(F)F)cc1)N1CCCCC1. The van der Waals surface area contributed by atoms with Gasteiger partial charge in [-0.1, -0.05) is 18.6 Å². The number of likely N-dealkylation sites (tertiary alicyclic amines) is 1. The summed E-state index contributed by atoms with van der Waals surface area (Å²) in [5.74, 6) is 0. The summed E-state index contributed by atoms with van der Waals surface area (Å²) in [6.07, 6.45) is -1.09. The first kappa shape index (κ1) is 13.9. The summed E-state index contributed by atoms with van der Waals surface area (Å²) in [5, 5.41) is 9.25. The molecule has 1 unspecified atom stereocenters. The van der Waals surface area contributed by atoms with Gasteiger partial charge in [0.1, 0.15) is 6.04 Å². The first-order valence-electron chi connectivity index (χ1n) is 6.33. The zero-order chi connectivity index (χ0) is 13.9. The Hall–Kier alpha value is -1.54. The van der Waals surface area contributed by atoms with Crippen LogP contribution in [0.5, 0.6) is 0 Å². The summed E-state index contributed by atoms with van der Waals surface area (Å²) in [4.78, 5) is 2.03. The second-order valence-corrected chi connectivity index (χ2v) is 4.75. The summed E-state index contributed by atoms with van der Waals surface area (Å²) < 4.78 is 37.4. The van der Waals surface area contributed by atoms with Gasteiger partial charge in [0.15, 0.2) is 0 Å². The Morgan fingerprint density at radius 1 is 1.05 bits per heavy atom. The van der Waals surface area contributed by atoms with E-state index in [1.807, 2.05) is 4.90 Å². The van der Waals surface area contributed by atoms with Crippen LogP contribution in [0.4, 0.5) is 13.2 Å². The van der Waals surface area contributed by atoms with Crippen LogP contribution < -0.4 is 0 Å². The Balaban J connectivity index is 2.17.